The molecule has 1 unspecified atom stereocenters. The molecule has 1 saturated carbocycles. The Labute approximate surface area is 199 Å². The summed E-state index contributed by atoms with van der Waals surface area (Å²) >= 11 is 0. The monoisotopic (exact) mass is 492 g/mol. The van der Waals surface area contributed by atoms with Crippen molar-refractivity contribution in [1.82, 2.24) is 19.7 Å². The Hall–Kier alpha value is -2.73. The topological polar surface area (TPSA) is 129 Å². The number of hydrogen-bond donors (Lipinski definition) is 1. The van der Waals surface area contributed by atoms with Crippen LogP contribution in [0.25, 0.3) is 0 Å². The van der Waals surface area contributed by atoms with E-state index in [2.05, 4.69) is 25.3 Å². The average molecular weight is 493 g/mol. The van der Waals surface area contributed by atoms with Gasteiger partial charge in [-0.2, -0.15) is 9.67 Å². The maximum atomic E-state index is 12.6. The molecule has 1 aliphatic carbocycles. The zero-order valence-corrected chi connectivity index (χ0v) is 21.3. The van der Waals surface area contributed by atoms with Crippen LogP contribution < -0.4 is 10.2 Å². The number of carbonyl (C=O) groups is 1. The first-order valence-electron chi connectivity index (χ1n) is 11.3. The number of ether oxygens (including phenoxy) is 2. The first-order valence-corrected chi connectivity index (χ1v) is 13.2. The van der Waals surface area contributed by atoms with Crippen LogP contribution in [0.5, 0.6) is 0 Å². The molecule has 0 radical (unpaired) electrons. The Morgan fingerprint density at radius 3 is 2.56 bits per heavy atom. The molecule has 34 heavy (non-hydrogen) atoms. The first-order chi connectivity index (χ1) is 15.8. The molecule has 0 bridgehead atoms. The standard InChI is InChI=1S/C22H32N6O5S/c1-14-11-17(26-28(14)20(29)33-21(3,4)5)24-19-23-16(22(7-8-22)34(6,30)31)12-18(25-19)27-9-10-32-13-15(27)2/h11-12,15H,7-10,13H2,1-6H3,(H,23,24,25,26). The number of aryl methyl sites for hydroxylation is 1. The fourth-order valence-corrected chi connectivity index (χ4v) is 5.34. The highest BCUT2D eigenvalue weighted by Crippen LogP contribution is 2.52. The van der Waals surface area contributed by atoms with Gasteiger partial charge in [-0.25, -0.2) is 18.2 Å². The zero-order valence-electron chi connectivity index (χ0n) is 20.5. The van der Waals surface area contributed by atoms with Crippen LogP contribution in [0.1, 0.15) is 51.9 Å². The second-order valence-corrected chi connectivity index (χ2v) is 12.3. The fourth-order valence-electron chi connectivity index (χ4n) is 4.01. The molecule has 186 valence electrons. The third kappa shape index (κ3) is 4.88. The van der Waals surface area contributed by atoms with Crippen LogP contribution in [0, 0.1) is 6.92 Å². The largest absolute Gasteiger partial charge is 0.442 e. The minimum atomic E-state index is -3.37. The molecular weight excluding hydrogens is 460 g/mol. The third-order valence-corrected chi connectivity index (χ3v) is 7.99. The predicted octanol–water partition coefficient (Wildman–Crippen LogP) is 2.77. The van der Waals surface area contributed by atoms with Crippen molar-refractivity contribution in [2.45, 2.75) is 63.9 Å². The highest BCUT2D eigenvalue weighted by atomic mass is 32.2. The molecule has 2 aromatic rings. The van der Waals surface area contributed by atoms with Gasteiger partial charge in [0.2, 0.25) is 5.95 Å². The van der Waals surface area contributed by atoms with Crippen LogP contribution in [-0.4, -0.2) is 71.9 Å². The molecule has 0 spiro atoms. The first kappa shape index (κ1) is 24.4. The highest BCUT2D eigenvalue weighted by molar-refractivity contribution is 7.91. The minimum absolute atomic E-state index is 0.0753. The number of aromatic nitrogens is 4. The molecule has 1 atom stereocenters. The van der Waals surface area contributed by atoms with Crippen molar-refractivity contribution in [3.63, 3.8) is 0 Å². The second-order valence-electron chi connectivity index (χ2n) is 10.0. The summed E-state index contributed by atoms with van der Waals surface area (Å²) in [5.41, 5.74) is 0.378. The van der Waals surface area contributed by atoms with E-state index in [4.69, 9.17) is 9.47 Å². The summed E-state index contributed by atoms with van der Waals surface area (Å²) in [5, 5.41) is 7.36. The van der Waals surface area contributed by atoms with E-state index in [-0.39, 0.29) is 12.0 Å². The van der Waals surface area contributed by atoms with E-state index >= 15 is 0 Å². The van der Waals surface area contributed by atoms with Crippen molar-refractivity contribution < 1.29 is 22.7 Å². The van der Waals surface area contributed by atoms with Crippen molar-refractivity contribution >= 4 is 33.5 Å². The number of anilines is 3. The normalized spacial score (nSPS) is 20.2. The Bertz CT molecular complexity index is 1200. The smallest absolute Gasteiger partial charge is 0.435 e. The zero-order chi connectivity index (χ0) is 24.9. The van der Waals surface area contributed by atoms with Crippen LogP contribution in [0.15, 0.2) is 12.1 Å². The van der Waals surface area contributed by atoms with Crippen LogP contribution in [0.2, 0.25) is 0 Å². The molecular formula is C22H32N6O5S. The summed E-state index contributed by atoms with van der Waals surface area (Å²) in [7, 11) is -3.37. The third-order valence-electron chi connectivity index (χ3n) is 5.95. The van der Waals surface area contributed by atoms with Crippen molar-refractivity contribution in [2.24, 2.45) is 0 Å². The van der Waals surface area contributed by atoms with Gasteiger partial charge in [0.15, 0.2) is 15.7 Å². The highest BCUT2D eigenvalue weighted by Gasteiger charge is 2.55. The lowest BCUT2D eigenvalue weighted by Gasteiger charge is -2.34. The quantitative estimate of drug-likeness (QED) is 0.665. The Morgan fingerprint density at radius 2 is 1.97 bits per heavy atom. The molecule has 11 nitrogen and oxygen atoms in total. The van der Waals surface area contributed by atoms with Crippen molar-refractivity contribution in [3.8, 4) is 0 Å². The maximum absolute atomic E-state index is 12.6. The Kier molecular flexibility index (Phi) is 6.09. The number of nitrogens with zero attached hydrogens (tertiary/aromatic N) is 5. The van der Waals surface area contributed by atoms with Crippen molar-refractivity contribution in [3.05, 3.63) is 23.5 Å². The van der Waals surface area contributed by atoms with E-state index in [0.29, 0.717) is 55.6 Å². The van der Waals surface area contributed by atoms with E-state index in [1.165, 1.54) is 10.9 Å². The lowest BCUT2D eigenvalue weighted by Crippen LogP contribution is -2.44. The maximum Gasteiger partial charge on any atom is 0.435 e. The van der Waals surface area contributed by atoms with Crippen LogP contribution >= 0.6 is 0 Å². The number of rotatable bonds is 5. The number of hydrogen-bond acceptors (Lipinski definition) is 10. The Balaban J connectivity index is 1.69. The van der Waals surface area contributed by atoms with Gasteiger partial charge in [0.1, 0.15) is 16.2 Å². The van der Waals surface area contributed by atoms with Gasteiger partial charge in [-0.1, -0.05) is 0 Å². The van der Waals surface area contributed by atoms with Gasteiger partial charge in [0.25, 0.3) is 0 Å². The molecule has 12 heteroatoms. The SMILES string of the molecule is Cc1cc(Nc2nc(N3CCOCC3C)cc(C3(S(C)(=O)=O)CC3)n2)nn1C(=O)OC(C)(C)C. The predicted molar refractivity (Wildman–Crippen MR) is 127 cm³/mol. The van der Waals surface area contributed by atoms with Crippen LogP contribution in [0.4, 0.5) is 22.4 Å². The number of morpholine rings is 1. The van der Waals surface area contributed by atoms with E-state index in [1.54, 1.807) is 39.8 Å². The lowest BCUT2D eigenvalue weighted by molar-refractivity contribution is 0.0511. The van der Waals surface area contributed by atoms with Gasteiger partial charge >= 0.3 is 6.09 Å². The summed E-state index contributed by atoms with van der Waals surface area (Å²) in [6, 6.07) is 3.53. The summed E-state index contributed by atoms with van der Waals surface area (Å²) in [6.07, 6.45) is 1.70. The molecule has 0 amide bonds. The lowest BCUT2D eigenvalue weighted by atomic mass is 10.2. The molecule has 1 N–H and O–H groups in total. The summed E-state index contributed by atoms with van der Waals surface area (Å²) in [4.78, 5) is 23.8. The molecule has 4 rings (SSSR count). The van der Waals surface area contributed by atoms with Crippen molar-refractivity contribution in [1.29, 1.82) is 0 Å². The molecule has 2 aliphatic rings. The molecule has 3 heterocycles. The van der Waals surface area contributed by atoms with E-state index in [1.807, 2.05) is 6.92 Å². The molecule has 0 aromatic carbocycles. The minimum Gasteiger partial charge on any atom is -0.442 e. The van der Waals surface area contributed by atoms with Crippen LogP contribution in [-0.2, 0) is 24.1 Å². The van der Waals surface area contributed by atoms with Gasteiger partial charge < -0.3 is 19.7 Å². The molecule has 2 fully saturated rings. The molecule has 2 aromatic heterocycles. The number of nitrogens with one attached hydrogen (secondary N) is 1. The van der Waals surface area contributed by atoms with Gasteiger partial charge in [0.05, 0.1) is 24.9 Å². The van der Waals surface area contributed by atoms with Gasteiger partial charge in [-0.05, 0) is 47.5 Å². The van der Waals surface area contributed by atoms with E-state index in [9.17, 15) is 13.2 Å². The summed E-state index contributed by atoms with van der Waals surface area (Å²) in [6.45, 7) is 10.9. The van der Waals surface area contributed by atoms with E-state index in [0.717, 1.165) is 0 Å². The number of carbonyl (C=O) groups excluding carboxylic acids is 1. The van der Waals surface area contributed by atoms with Gasteiger partial charge in [-0.15, -0.1) is 5.10 Å². The molecule has 1 aliphatic heterocycles. The summed E-state index contributed by atoms with van der Waals surface area (Å²) in [5.74, 6) is 1.20. The molecule has 1 saturated heterocycles. The second kappa shape index (κ2) is 8.49. The van der Waals surface area contributed by atoms with Crippen molar-refractivity contribution in [2.75, 3.05) is 36.2 Å². The average Bonchev–Trinajstić information content (AvgIpc) is 3.46. The Morgan fingerprint density at radius 1 is 1.26 bits per heavy atom. The summed E-state index contributed by atoms with van der Waals surface area (Å²) < 4.78 is 36.3. The number of sulfone groups is 1. The van der Waals surface area contributed by atoms with Crippen LogP contribution in [0.3, 0.4) is 0 Å². The van der Waals surface area contributed by atoms with E-state index < -0.39 is 26.3 Å². The van der Waals surface area contributed by atoms with Gasteiger partial charge in [-0.3, -0.25) is 0 Å². The fraction of sp³-hybridized carbons (Fsp3) is 0.636. The van der Waals surface area contributed by atoms with Gasteiger partial charge in [0, 0.05) is 30.6 Å².